The average molecular weight is 314 g/mol. The van der Waals surface area contributed by atoms with Gasteiger partial charge in [-0.25, -0.2) is 0 Å². The van der Waals surface area contributed by atoms with Crippen LogP contribution in [0.4, 0.5) is 0 Å². The van der Waals surface area contributed by atoms with Crippen molar-refractivity contribution in [2.45, 2.75) is 78.7 Å². The molecule has 21 heavy (non-hydrogen) atoms. The van der Waals surface area contributed by atoms with Crippen molar-refractivity contribution in [1.82, 2.24) is 5.32 Å². The first kappa shape index (κ1) is 18.4. The summed E-state index contributed by atoms with van der Waals surface area (Å²) in [6.45, 7) is 18.4. The second-order valence-corrected chi connectivity index (χ2v) is 13.5. The van der Waals surface area contributed by atoms with Crippen molar-refractivity contribution in [3.8, 4) is 0 Å². The highest BCUT2D eigenvalue weighted by atomic mass is 28.4. The highest BCUT2D eigenvalue weighted by Crippen LogP contribution is 2.39. The molecule has 122 valence electrons. The lowest BCUT2D eigenvalue weighted by Crippen LogP contribution is -2.68. The molecule has 0 saturated carbocycles. The van der Waals surface area contributed by atoms with Crippen molar-refractivity contribution in [3.63, 3.8) is 0 Å². The summed E-state index contributed by atoms with van der Waals surface area (Å²) in [5, 5.41) is 2.84. The number of amides is 1. The van der Waals surface area contributed by atoms with Crippen LogP contribution in [0.2, 0.25) is 18.1 Å². The van der Waals surface area contributed by atoms with Crippen LogP contribution in [0.3, 0.4) is 0 Å². The Balaban J connectivity index is 2.84. The van der Waals surface area contributed by atoms with Gasteiger partial charge < -0.3 is 9.74 Å². The molecule has 1 fully saturated rings. The molecule has 5 heteroatoms. The van der Waals surface area contributed by atoms with Crippen LogP contribution in [0.15, 0.2) is 0 Å². The summed E-state index contributed by atoms with van der Waals surface area (Å²) in [6.07, 6.45) is -0.226. The van der Waals surface area contributed by atoms with Crippen LogP contribution in [0.1, 0.15) is 48.5 Å². The lowest BCUT2D eigenvalue weighted by atomic mass is 9.75. The summed E-state index contributed by atoms with van der Waals surface area (Å²) >= 11 is 0. The number of β-lactam (4-membered cyclic amide) rings is 1. The topological polar surface area (TPSA) is 55.4 Å². The molecule has 0 aromatic rings. The van der Waals surface area contributed by atoms with Gasteiger partial charge in [0.15, 0.2) is 14.1 Å². The molecule has 1 amide bonds. The van der Waals surface area contributed by atoms with E-state index in [9.17, 15) is 9.59 Å². The van der Waals surface area contributed by atoms with Crippen molar-refractivity contribution >= 4 is 20.0 Å². The molecule has 3 atom stereocenters. The van der Waals surface area contributed by atoms with Crippen molar-refractivity contribution in [1.29, 1.82) is 0 Å². The van der Waals surface area contributed by atoms with Crippen LogP contribution in [-0.4, -0.2) is 32.2 Å². The van der Waals surface area contributed by atoms with Crippen LogP contribution in [-0.2, 0) is 14.0 Å². The Kier molecular flexibility index (Phi) is 4.81. The molecule has 0 aliphatic carbocycles. The van der Waals surface area contributed by atoms with Gasteiger partial charge in [0.25, 0.3) is 0 Å². The molecule has 0 aromatic heterocycles. The number of ketones is 1. The molecule has 1 aliphatic heterocycles. The smallest absolute Gasteiger partial charge is 0.228 e. The minimum atomic E-state index is -1.94. The van der Waals surface area contributed by atoms with E-state index in [-0.39, 0.29) is 28.8 Å². The molecule has 1 saturated heterocycles. The van der Waals surface area contributed by atoms with E-state index in [0.29, 0.717) is 0 Å². The molecule has 0 aromatic carbocycles. The summed E-state index contributed by atoms with van der Waals surface area (Å²) in [5.74, 6) is -0.340. The van der Waals surface area contributed by atoms with Crippen molar-refractivity contribution < 1.29 is 14.0 Å². The third kappa shape index (κ3) is 3.75. The molecule has 1 heterocycles. The number of rotatable bonds is 4. The second-order valence-electron chi connectivity index (χ2n) is 8.71. The lowest BCUT2D eigenvalue weighted by molar-refractivity contribution is -0.150. The van der Waals surface area contributed by atoms with Crippen molar-refractivity contribution in [2.75, 3.05) is 0 Å². The van der Waals surface area contributed by atoms with E-state index in [1.54, 1.807) is 0 Å². The van der Waals surface area contributed by atoms with Gasteiger partial charge in [-0.2, -0.15) is 0 Å². The van der Waals surface area contributed by atoms with Crippen molar-refractivity contribution in [3.05, 3.63) is 0 Å². The molecule has 1 N–H and O–H groups in total. The van der Waals surface area contributed by atoms with Gasteiger partial charge in [-0.05, 0) is 25.1 Å². The molecule has 4 nitrogen and oxygen atoms in total. The lowest BCUT2D eigenvalue weighted by Gasteiger charge is -2.46. The highest BCUT2D eigenvalue weighted by molar-refractivity contribution is 6.74. The number of carbonyl (C=O) groups excluding carboxylic acids is 2. The van der Waals surface area contributed by atoms with E-state index in [1.165, 1.54) is 0 Å². The largest absolute Gasteiger partial charge is 0.413 e. The number of carbonyl (C=O) groups is 2. The average Bonchev–Trinajstić information content (AvgIpc) is 2.20. The van der Waals surface area contributed by atoms with Crippen LogP contribution < -0.4 is 5.32 Å². The standard InChI is InChI=1S/C16H31NO3Si/c1-10(20-21(8,9)16(5,6)7)11-12(17-14(11)19)13(18)15(2,3)4/h10-12H,1-9H3,(H,17,19)/t10-,11-,12+/m1/s1. The molecule has 0 unspecified atom stereocenters. The van der Waals surface area contributed by atoms with Crippen LogP contribution in [0.5, 0.6) is 0 Å². The predicted octanol–water partition coefficient (Wildman–Crippen LogP) is 3.13. The summed E-state index contributed by atoms with van der Waals surface area (Å²) in [6, 6.07) is -0.405. The highest BCUT2D eigenvalue weighted by Gasteiger charge is 2.51. The maximum atomic E-state index is 12.4. The maximum Gasteiger partial charge on any atom is 0.228 e. The molecular weight excluding hydrogens is 282 g/mol. The number of Topliss-reactive ketones (excluding diaryl/α,β-unsaturated/α-hetero) is 1. The van der Waals surface area contributed by atoms with Gasteiger partial charge in [-0.15, -0.1) is 0 Å². The minimum absolute atomic E-state index is 0.0659. The maximum absolute atomic E-state index is 12.4. The monoisotopic (exact) mass is 313 g/mol. The second kappa shape index (κ2) is 5.50. The zero-order valence-electron chi connectivity index (χ0n) is 15.0. The number of hydrogen-bond donors (Lipinski definition) is 1. The van der Waals surface area contributed by atoms with Gasteiger partial charge in [-0.1, -0.05) is 41.5 Å². The van der Waals surface area contributed by atoms with Crippen LogP contribution >= 0.6 is 0 Å². The predicted molar refractivity (Wildman–Crippen MR) is 87.6 cm³/mol. The fourth-order valence-electron chi connectivity index (χ4n) is 2.29. The van der Waals surface area contributed by atoms with Gasteiger partial charge in [-0.3, -0.25) is 9.59 Å². The normalized spacial score (nSPS) is 25.1. The summed E-state index contributed by atoms with van der Waals surface area (Å²) in [7, 11) is -1.94. The van der Waals surface area contributed by atoms with Gasteiger partial charge in [0, 0.05) is 5.41 Å². The molecular formula is C16H31NO3Si. The van der Waals surface area contributed by atoms with Crippen molar-refractivity contribution in [2.24, 2.45) is 11.3 Å². The molecule has 1 aliphatic rings. The quantitative estimate of drug-likeness (QED) is 0.641. The third-order valence-electron chi connectivity index (χ3n) is 4.77. The van der Waals surface area contributed by atoms with Gasteiger partial charge >= 0.3 is 0 Å². The number of nitrogens with one attached hydrogen (secondary N) is 1. The Morgan fingerprint density at radius 1 is 1.19 bits per heavy atom. The fraction of sp³-hybridized carbons (Fsp3) is 0.875. The van der Waals surface area contributed by atoms with Crippen LogP contribution in [0.25, 0.3) is 0 Å². The van der Waals surface area contributed by atoms with E-state index in [2.05, 4.69) is 39.2 Å². The summed E-state index contributed by atoms with van der Waals surface area (Å²) < 4.78 is 6.30. The zero-order valence-corrected chi connectivity index (χ0v) is 16.0. The van der Waals surface area contributed by atoms with E-state index >= 15 is 0 Å². The molecule has 0 bridgehead atoms. The minimum Gasteiger partial charge on any atom is -0.413 e. The molecule has 0 spiro atoms. The van der Waals surface area contributed by atoms with Gasteiger partial charge in [0.2, 0.25) is 5.91 Å². The fourth-order valence-corrected chi connectivity index (χ4v) is 3.72. The summed E-state index contributed by atoms with van der Waals surface area (Å²) in [4.78, 5) is 24.3. The SMILES string of the molecule is C[C@@H](O[Si](C)(C)C(C)(C)C)[C@H]1C(=O)N[C@@H]1C(=O)C(C)(C)C. The Hall–Kier alpha value is -0.683. The first-order valence-electron chi connectivity index (χ1n) is 7.71. The first-order chi connectivity index (χ1) is 9.18. The number of hydrogen-bond acceptors (Lipinski definition) is 3. The third-order valence-corrected chi connectivity index (χ3v) is 9.35. The Morgan fingerprint density at radius 3 is 2.00 bits per heavy atom. The van der Waals surface area contributed by atoms with E-state index in [1.807, 2.05) is 27.7 Å². The Morgan fingerprint density at radius 2 is 1.67 bits per heavy atom. The zero-order chi connectivity index (χ0) is 16.8. The van der Waals surface area contributed by atoms with Gasteiger partial charge in [0.1, 0.15) is 6.04 Å². The first-order valence-corrected chi connectivity index (χ1v) is 10.6. The Bertz CT molecular complexity index is 432. The van der Waals surface area contributed by atoms with Crippen LogP contribution in [0, 0.1) is 11.3 Å². The molecule has 1 rings (SSSR count). The van der Waals surface area contributed by atoms with Gasteiger partial charge in [0.05, 0.1) is 12.0 Å². The van der Waals surface area contributed by atoms with E-state index in [4.69, 9.17) is 4.43 Å². The summed E-state index contributed by atoms with van der Waals surface area (Å²) in [5.41, 5.74) is -0.451. The Labute approximate surface area is 130 Å². The molecule has 0 radical (unpaired) electrons. The van der Waals surface area contributed by atoms with E-state index < -0.39 is 19.8 Å². The van der Waals surface area contributed by atoms with E-state index in [0.717, 1.165) is 0 Å².